The number of para-hydroxylation sites is 1. The summed E-state index contributed by atoms with van der Waals surface area (Å²) in [7, 11) is 0. The minimum absolute atomic E-state index is 0.273. The first-order valence-electron chi connectivity index (χ1n) is 8.63. The zero-order valence-corrected chi connectivity index (χ0v) is 16.6. The monoisotopic (exact) mass is 412 g/mol. The van der Waals surface area contributed by atoms with Crippen LogP contribution < -0.4 is 10.6 Å². The summed E-state index contributed by atoms with van der Waals surface area (Å²) < 4.78 is 0. The highest BCUT2D eigenvalue weighted by Gasteiger charge is 2.14. The Morgan fingerprint density at radius 2 is 1.57 bits per heavy atom. The van der Waals surface area contributed by atoms with Crippen molar-refractivity contribution in [2.45, 2.75) is 13.5 Å². The molecule has 0 unspecified atom stereocenters. The molecule has 28 heavy (non-hydrogen) atoms. The van der Waals surface area contributed by atoms with Gasteiger partial charge in [0, 0.05) is 12.1 Å². The summed E-state index contributed by atoms with van der Waals surface area (Å²) >= 11 is 11.9. The molecule has 3 rings (SSSR count). The van der Waals surface area contributed by atoms with Crippen molar-refractivity contribution in [3.8, 4) is 0 Å². The predicted molar refractivity (Wildman–Crippen MR) is 113 cm³/mol. The number of halogens is 2. The van der Waals surface area contributed by atoms with Crippen LogP contribution in [0.4, 0.5) is 5.69 Å². The number of hydrogen-bond donors (Lipinski definition) is 2. The minimum atomic E-state index is -0.377. The zero-order chi connectivity index (χ0) is 20.1. The molecular formula is C22H18Cl2N2O2. The molecule has 3 aromatic carbocycles. The highest BCUT2D eigenvalue weighted by molar-refractivity contribution is 6.42. The molecule has 142 valence electrons. The van der Waals surface area contributed by atoms with Crippen molar-refractivity contribution in [3.63, 3.8) is 0 Å². The molecule has 0 fully saturated rings. The lowest BCUT2D eigenvalue weighted by Gasteiger charge is -2.12. The van der Waals surface area contributed by atoms with E-state index in [-0.39, 0.29) is 11.8 Å². The van der Waals surface area contributed by atoms with Crippen LogP contribution >= 0.6 is 23.2 Å². The smallest absolute Gasteiger partial charge is 0.255 e. The van der Waals surface area contributed by atoms with Gasteiger partial charge in [-0.1, -0.05) is 65.2 Å². The molecule has 0 aliphatic carbocycles. The van der Waals surface area contributed by atoms with Crippen LogP contribution in [0.2, 0.25) is 10.0 Å². The van der Waals surface area contributed by atoms with Gasteiger partial charge in [-0.25, -0.2) is 0 Å². The third-order valence-corrected chi connectivity index (χ3v) is 4.91. The van der Waals surface area contributed by atoms with Crippen molar-refractivity contribution in [1.82, 2.24) is 5.32 Å². The number of amides is 2. The van der Waals surface area contributed by atoms with Crippen LogP contribution in [0.25, 0.3) is 0 Å². The van der Waals surface area contributed by atoms with Gasteiger partial charge in [-0.3, -0.25) is 9.59 Å². The second-order valence-corrected chi connectivity index (χ2v) is 7.11. The summed E-state index contributed by atoms with van der Waals surface area (Å²) in [6.07, 6.45) is 0. The first-order valence-corrected chi connectivity index (χ1v) is 9.39. The predicted octanol–water partition coefficient (Wildman–Crippen LogP) is 5.48. The van der Waals surface area contributed by atoms with Crippen LogP contribution in [0.15, 0.2) is 66.7 Å². The van der Waals surface area contributed by atoms with Crippen LogP contribution in [-0.2, 0) is 6.54 Å². The number of rotatable bonds is 5. The van der Waals surface area contributed by atoms with Gasteiger partial charge in [-0.15, -0.1) is 0 Å². The molecule has 0 radical (unpaired) electrons. The Kier molecular flexibility index (Phi) is 6.34. The summed E-state index contributed by atoms with van der Waals surface area (Å²) in [6, 6.07) is 19.4. The van der Waals surface area contributed by atoms with Crippen molar-refractivity contribution < 1.29 is 9.59 Å². The first-order chi connectivity index (χ1) is 13.4. The molecule has 0 aliphatic heterocycles. The third-order valence-electron chi connectivity index (χ3n) is 4.18. The Labute approximate surface area is 173 Å². The van der Waals surface area contributed by atoms with Gasteiger partial charge in [0.05, 0.1) is 21.3 Å². The SMILES string of the molecule is Cc1ccc(CNC(=O)c2ccccc2NC(=O)c2ccc(Cl)c(Cl)c2)cc1. The van der Waals surface area contributed by atoms with E-state index in [1.165, 1.54) is 6.07 Å². The van der Waals surface area contributed by atoms with Gasteiger partial charge >= 0.3 is 0 Å². The van der Waals surface area contributed by atoms with Gasteiger partial charge in [0.25, 0.3) is 11.8 Å². The van der Waals surface area contributed by atoms with E-state index < -0.39 is 0 Å². The van der Waals surface area contributed by atoms with Gasteiger partial charge in [-0.05, 0) is 42.8 Å². The number of carbonyl (C=O) groups excluding carboxylic acids is 2. The minimum Gasteiger partial charge on any atom is -0.348 e. The molecule has 0 aliphatic rings. The van der Waals surface area contributed by atoms with Crippen molar-refractivity contribution in [3.05, 3.63) is 99.0 Å². The fourth-order valence-electron chi connectivity index (χ4n) is 2.61. The molecule has 0 saturated heterocycles. The fraction of sp³-hybridized carbons (Fsp3) is 0.0909. The normalized spacial score (nSPS) is 10.4. The Bertz CT molecular complexity index is 1020. The number of anilines is 1. The van der Waals surface area contributed by atoms with Crippen molar-refractivity contribution in [2.75, 3.05) is 5.32 Å². The van der Waals surface area contributed by atoms with Crippen molar-refractivity contribution in [2.24, 2.45) is 0 Å². The van der Waals surface area contributed by atoms with E-state index in [0.29, 0.717) is 33.4 Å². The Balaban J connectivity index is 1.72. The number of benzene rings is 3. The second-order valence-electron chi connectivity index (χ2n) is 6.30. The van der Waals surface area contributed by atoms with Crippen LogP contribution in [-0.4, -0.2) is 11.8 Å². The Morgan fingerprint density at radius 3 is 2.29 bits per heavy atom. The summed E-state index contributed by atoms with van der Waals surface area (Å²) in [6.45, 7) is 2.41. The van der Waals surface area contributed by atoms with Gasteiger partial charge in [-0.2, -0.15) is 0 Å². The topological polar surface area (TPSA) is 58.2 Å². The maximum absolute atomic E-state index is 12.6. The molecule has 2 amide bonds. The van der Waals surface area contributed by atoms with E-state index in [2.05, 4.69) is 10.6 Å². The first kappa shape index (κ1) is 19.9. The maximum Gasteiger partial charge on any atom is 0.255 e. The summed E-state index contributed by atoms with van der Waals surface area (Å²) in [4.78, 5) is 25.1. The molecule has 2 N–H and O–H groups in total. The molecule has 0 heterocycles. The van der Waals surface area contributed by atoms with Gasteiger partial charge in [0.2, 0.25) is 0 Å². The summed E-state index contributed by atoms with van der Waals surface area (Å²) in [5.74, 6) is -0.650. The lowest BCUT2D eigenvalue weighted by atomic mass is 10.1. The van der Waals surface area contributed by atoms with E-state index in [1.54, 1.807) is 36.4 Å². The zero-order valence-electron chi connectivity index (χ0n) is 15.1. The fourth-order valence-corrected chi connectivity index (χ4v) is 2.90. The quantitative estimate of drug-likeness (QED) is 0.582. The average Bonchev–Trinajstić information content (AvgIpc) is 2.69. The Morgan fingerprint density at radius 1 is 0.857 bits per heavy atom. The van der Waals surface area contributed by atoms with Crippen LogP contribution in [0, 0.1) is 6.92 Å². The Hall–Kier alpha value is -2.82. The molecule has 3 aromatic rings. The standard InChI is InChI=1S/C22H18Cl2N2O2/c1-14-6-8-15(9-7-14)13-25-22(28)17-4-2-3-5-20(17)26-21(27)16-10-11-18(23)19(24)12-16/h2-12H,13H2,1H3,(H,25,28)(H,26,27). The van der Waals surface area contributed by atoms with E-state index in [1.807, 2.05) is 31.2 Å². The van der Waals surface area contributed by atoms with Crippen LogP contribution in [0.5, 0.6) is 0 Å². The van der Waals surface area contributed by atoms with E-state index >= 15 is 0 Å². The van der Waals surface area contributed by atoms with Crippen LogP contribution in [0.3, 0.4) is 0 Å². The van der Waals surface area contributed by atoms with Gasteiger partial charge < -0.3 is 10.6 Å². The van der Waals surface area contributed by atoms with E-state index in [9.17, 15) is 9.59 Å². The lowest BCUT2D eigenvalue weighted by Crippen LogP contribution is -2.24. The second kappa shape index (κ2) is 8.91. The molecule has 4 nitrogen and oxygen atoms in total. The number of hydrogen-bond acceptors (Lipinski definition) is 2. The lowest BCUT2D eigenvalue weighted by molar-refractivity contribution is 0.0952. The number of nitrogens with one attached hydrogen (secondary N) is 2. The summed E-state index contributed by atoms with van der Waals surface area (Å²) in [5.41, 5.74) is 3.30. The largest absolute Gasteiger partial charge is 0.348 e. The van der Waals surface area contributed by atoms with E-state index in [0.717, 1.165) is 11.1 Å². The molecule has 0 atom stereocenters. The highest BCUT2D eigenvalue weighted by Crippen LogP contribution is 2.23. The third kappa shape index (κ3) is 4.91. The molecule has 0 bridgehead atoms. The molecule has 0 aromatic heterocycles. The van der Waals surface area contributed by atoms with Gasteiger partial charge in [0.1, 0.15) is 0 Å². The number of carbonyl (C=O) groups is 2. The average molecular weight is 413 g/mol. The molecule has 0 saturated carbocycles. The highest BCUT2D eigenvalue weighted by atomic mass is 35.5. The summed E-state index contributed by atoms with van der Waals surface area (Å²) in [5, 5.41) is 6.29. The van der Waals surface area contributed by atoms with Gasteiger partial charge in [0.15, 0.2) is 0 Å². The van der Waals surface area contributed by atoms with Crippen LogP contribution in [0.1, 0.15) is 31.8 Å². The molecular weight excluding hydrogens is 395 g/mol. The molecule has 6 heteroatoms. The maximum atomic E-state index is 12.6. The van der Waals surface area contributed by atoms with Crippen molar-refractivity contribution in [1.29, 1.82) is 0 Å². The number of aryl methyl sites for hydroxylation is 1. The van der Waals surface area contributed by atoms with Crippen molar-refractivity contribution >= 4 is 40.7 Å². The van der Waals surface area contributed by atoms with E-state index in [4.69, 9.17) is 23.2 Å². The molecule has 0 spiro atoms.